The predicted octanol–water partition coefficient (Wildman–Crippen LogP) is 4.95. The van der Waals surface area contributed by atoms with Gasteiger partial charge in [-0.3, -0.25) is 4.79 Å². The van der Waals surface area contributed by atoms with Crippen molar-refractivity contribution in [1.82, 2.24) is 5.43 Å². The summed E-state index contributed by atoms with van der Waals surface area (Å²) in [6, 6.07) is 10.9. The fraction of sp³-hybridized carbons (Fsp3) is 0.238. The first kappa shape index (κ1) is 19.8. The van der Waals surface area contributed by atoms with Gasteiger partial charge in [-0.1, -0.05) is 29.8 Å². The Hall–Kier alpha value is -2.99. The number of hydrazone groups is 1. The fourth-order valence-electron chi connectivity index (χ4n) is 2.77. The molecule has 146 valence electrons. The second-order valence-electron chi connectivity index (χ2n) is 6.45. The smallest absolute Gasteiger partial charge is 0.307 e. The van der Waals surface area contributed by atoms with Gasteiger partial charge in [0.2, 0.25) is 0 Å². The predicted molar refractivity (Wildman–Crippen MR) is 110 cm³/mol. The number of hydrogen-bond acceptors (Lipinski definition) is 5. The second kappa shape index (κ2) is 8.35. The molecule has 0 bridgehead atoms. The van der Waals surface area contributed by atoms with Crippen molar-refractivity contribution in [3.63, 3.8) is 0 Å². The van der Waals surface area contributed by atoms with Crippen LogP contribution in [0.4, 0.5) is 0 Å². The molecule has 0 aliphatic rings. The maximum atomic E-state index is 12.4. The molecule has 0 saturated heterocycles. The minimum Gasteiger partial charge on any atom is -0.493 e. The number of furan rings is 1. The van der Waals surface area contributed by atoms with Crippen LogP contribution < -0.4 is 14.9 Å². The zero-order valence-corrected chi connectivity index (χ0v) is 16.8. The number of hydrogen-bond donors (Lipinski definition) is 1. The zero-order valence-electron chi connectivity index (χ0n) is 16.1. The first-order valence-electron chi connectivity index (χ1n) is 8.76. The third-order valence-electron chi connectivity index (χ3n) is 4.03. The Bertz CT molecular complexity index is 1040. The van der Waals surface area contributed by atoms with E-state index in [9.17, 15) is 4.79 Å². The number of halogens is 1. The van der Waals surface area contributed by atoms with Crippen molar-refractivity contribution in [2.24, 2.45) is 5.10 Å². The number of rotatable bonds is 6. The summed E-state index contributed by atoms with van der Waals surface area (Å²) >= 11 is 6.29. The summed E-state index contributed by atoms with van der Waals surface area (Å²) in [6.45, 7) is 5.64. The number of carbonyl (C=O) groups is 1. The van der Waals surface area contributed by atoms with E-state index in [1.54, 1.807) is 12.1 Å². The molecule has 0 aliphatic heterocycles. The van der Waals surface area contributed by atoms with E-state index in [1.807, 2.05) is 45.0 Å². The first-order chi connectivity index (χ1) is 13.4. The molecule has 0 saturated carbocycles. The first-order valence-corrected chi connectivity index (χ1v) is 9.14. The van der Waals surface area contributed by atoms with Crippen molar-refractivity contribution in [1.29, 1.82) is 0 Å². The van der Waals surface area contributed by atoms with Crippen LogP contribution in [-0.4, -0.2) is 25.3 Å². The number of amides is 1. The van der Waals surface area contributed by atoms with Crippen LogP contribution in [0.5, 0.6) is 11.5 Å². The maximum Gasteiger partial charge on any atom is 0.307 e. The summed E-state index contributed by atoms with van der Waals surface area (Å²) in [5.41, 5.74) is 4.55. The fourth-order valence-corrected chi connectivity index (χ4v) is 3.04. The molecule has 0 unspecified atom stereocenters. The Morgan fingerprint density at radius 3 is 2.71 bits per heavy atom. The van der Waals surface area contributed by atoms with Crippen LogP contribution in [0, 0.1) is 6.92 Å². The number of aryl methyl sites for hydroxylation is 1. The van der Waals surface area contributed by atoms with Gasteiger partial charge in [-0.05, 0) is 44.5 Å². The van der Waals surface area contributed by atoms with Crippen molar-refractivity contribution in [2.75, 3.05) is 7.11 Å². The molecule has 3 rings (SSSR count). The summed E-state index contributed by atoms with van der Waals surface area (Å²) in [4.78, 5) is 12.4. The molecule has 0 atom stereocenters. The van der Waals surface area contributed by atoms with E-state index < -0.39 is 5.91 Å². The van der Waals surface area contributed by atoms with E-state index in [-0.39, 0.29) is 11.9 Å². The molecule has 0 spiro atoms. The van der Waals surface area contributed by atoms with Crippen LogP contribution in [-0.2, 0) is 0 Å². The largest absolute Gasteiger partial charge is 0.493 e. The van der Waals surface area contributed by atoms with Crippen LogP contribution in [0.25, 0.3) is 11.0 Å². The second-order valence-corrected chi connectivity index (χ2v) is 6.86. The molecule has 1 aromatic heterocycles. The Balaban J connectivity index is 1.77. The lowest BCUT2D eigenvalue weighted by molar-refractivity contribution is 0.0929. The summed E-state index contributed by atoms with van der Waals surface area (Å²) in [5.74, 6) is 0.762. The Morgan fingerprint density at radius 1 is 1.29 bits per heavy atom. The van der Waals surface area contributed by atoms with Crippen LogP contribution in [0.3, 0.4) is 0 Å². The molecule has 7 heteroatoms. The quantitative estimate of drug-likeness (QED) is 0.469. The molecule has 6 nitrogen and oxygen atoms in total. The van der Waals surface area contributed by atoms with Gasteiger partial charge in [0.25, 0.3) is 0 Å². The van der Waals surface area contributed by atoms with Crippen LogP contribution in [0.15, 0.2) is 45.9 Å². The molecule has 0 fully saturated rings. The number of ether oxygens (including phenoxy) is 2. The van der Waals surface area contributed by atoms with Gasteiger partial charge < -0.3 is 13.9 Å². The number of carbonyl (C=O) groups excluding carboxylic acids is 1. The normalized spacial score (nSPS) is 11.4. The van der Waals surface area contributed by atoms with Gasteiger partial charge in [0.05, 0.1) is 24.5 Å². The van der Waals surface area contributed by atoms with Crippen molar-refractivity contribution in [3.8, 4) is 11.5 Å². The van der Waals surface area contributed by atoms with Crippen molar-refractivity contribution in [3.05, 3.63) is 58.3 Å². The highest BCUT2D eigenvalue weighted by Gasteiger charge is 2.17. The molecule has 1 N–H and O–H groups in total. The number of para-hydroxylation sites is 1. The highest BCUT2D eigenvalue weighted by molar-refractivity contribution is 6.32. The molecule has 0 radical (unpaired) electrons. The number of methoxy groups -OCH3 is 1. The molecular weight excluding hydrogens is 380 g/mol. The van der Waals surface area contributed by atoms with Gasteiger partial charge in [-0.2, -0.15) is 5.10 Å². The highest BCUT2D eigenvalue weighted by atomic mass is 35.5. The van der Waals surface area contributed by atoms with Crippen molar-refractivity contribution < 1.29 is 18.7 Å². The summed E-state index contributed by atoms with van der Waals surface area (Å²) in [6.07, 6.45) is 1.43. The van der Waals surface area contributed by atoms with Crippen molar-refractivity contribution >= 4 is 34.7 Å². The Labute approximate surface area is 168 Å². The standard InChI is InChI=1S/C21H21ClN2O4/c1-12(2)27-20-16(22)9-14(10-18(20)26-4)11-23-24-21(25)19-13(3)15-7-5-6-8-17(15)28-19/h5-12H,1-4H3,(H,24,25)/b23-11-. The van der Waals surface area contributed by atoms with Crippen LogP contribution in [0.1, 0.15) is 35.5 Å². The van der Waals surface area contributed by atoms with E-state index in [1.165, 1.54) is 13.3 Å². The monoisotopic (exact) mass is 400 g/mol. The number of nitrogens with zero attached hydrogens (tertiary/aromatic N) is 1. The SMILES string of the molecule is COc1cc(/C=N\NC(=O)c2oc3ccccc3c2C)cc(Cl)c1OC(C)C. The molecule has 28 heavy (non-hydrogen) atoms. The van der Waals surface area contributed by atoms with E-state index in [0.717, 1.165) is 10.9 Å². The Kier molecular flexibility index (Phi) is 5.90. The van der Waals surface area contributed by atoms with E-state index in [0.29, 0.717) is 27.7 Å². The zero-order chi connectivity index (χ0) is 20.3. The Morgan fingerprint density at radius 2 is 2.04 bits per heavy atom. The van der Waals surface area contributed by atoms with Crippen LogP contribution >= 0.6 is 11.6 Å². The average Bonchev–Trinajstić information content (AvgIpc) is 3.00. The summed E-state index contributed by atoms with van der Waals surface area (Å²) in [7, 11) is 1.53. The highest BCUT2D eigenvalue weighted by Crippen LogP contribution is 2.36. The number of benzene rings is 2. The third kappa shape index (κ3) is 4.12. The van der Waals surface area contributed by atoms with Crippen LogP contribution in [0.2, 0.25) is 5.02 Å². The summed E-state index contributed by atoms with van der Waals surface area (Å²) in [5, 5.41) is 5.29. The minimum atomic E-state index is -0.428. The van der Waals surface area contributed by atoms with E-state index in [4.69, 9.17) is 25.5 Å². The number of nitrogens with one attached hydrogen (secondary N) is 1. The van der Waals surface area contributed by atoms with Gasteiger partial charge in [-0.15, -0.1) is 0 Å². The van der Waals surface area contributed by atoms with E-state index in [2.05, 4.69) is 10.5 Å². The van der Waals surface area contributed by atoms with Gasteiger partial charge in [0, 0.05) is 10.9 Å². The average molecular weight is 401 g/mol. The van der Waals surface area contributed by atoms with E-state index >= 15 is 0 Å². The van der Waals surface area contributed by atoms with Gasteiger partial charge >= 0.3 is 5.91 Å². The summed E-state index contributed by atoms with van der Waals surface area (Å²) < 4.78 is 16.6. The molecule has 1 heterocycles. The van der Waals surface area contributed by atoms with Gasteiger partial charge in [0.1, 0.15) is 5.58 Å². The lowest BCUT2D eigenvalue weighted by Gasteiger charge is -2.15. The lowest BCUT2D eigenvalue weighted by atomic mass is 10.1. The molecular formula is C21H21ClN2O4. The molecule has 2 aromatic carbocycles. The topological polar surface area (TPSA) is 73.1 Å². The maximum absolute atomic E-state index is 12.4. The molecule has 0 aliphatic carbocycles. The molecule has 1 amide bonds. The molecule has 3 aromatic rings. The van der Waals surface area contributed by atoms with Crippen molar-refractivity contribution in [2.45, 2.75) is 26.9 Å². The van der Waals surface area contributed by atoms with Gasteiger partial charge in [-0.25, -0.2) is 5.43 Å². The number of fused-ring (bicyclic) bond motifs is 1. The van der Waals surface area contributed by atoms with Gasteiger partial charge in [0.15, 0.2) is 17.3 Å². The minimum absolute atomic E-state index is 0.0442. The lowest BCUT2D eigenvalue weighted by Crippen LogP contribution is -2.17. The third-order valence-corrected chi connectivity index (χ3v) is 4.32.